The summed E-state index contributed by atoms with van der Waals surface area (Å²) in [5.74, 6) is 5.43. The third kappa shape index (κ3) is 4.50. The Kier molecular flexibility index (Phi) is 5.96. The van der Waals surface area contributed by atoms with Gasteiger partial charge in [-0.05, 0) is 60.2 Å². The van der Waals surface area contributed by atoms with Gasteiger partial charge >= 0.3 is 0 Å². The molecule has 0 radical (unpaired) electrons. The standard InChI is InChI=1S/C19H38/c1-9-19(8,12-18-11-15(18)5)16(6)10-14(4)17(7)13(2)3/h13-18H,9-12H2,1-8H3. The van der Waals surface area contributed by atoms with Crippen molar-refractivity contribution in [2.45, 2.75) is 81.1 Å². The van der Waals surface area contributed by atoms with Gasteiger partial charge in [-0.2, -0.15) is 0 Å². The van der Waals surface area contributed by atoms with Crippen LogP contribution in [0.4, 0.5) is 0 Å². The molecule has 1 saturated carbocycles. The van der Waals surface area contributed by atoms with E-state index in [1.165, 1.54) is 25.7 Å². The third-order valence-electron chi connectivity index (χ3n) is 6.68. The van der Waals surface area contributed by atoms with Crippen LogP contribution in [-0.2, 0) is 0 Å². The van der Waals surface area contributed by atoms with E-state index in [0.29, 0.717) is 5.41 Å². The van der Waals surface area contributed by atoms with Gasteiger partial charge in [-0.1, -0.05) is 61.8 Å². The van der Waals surface area contributed by atoms with Crippen LogP contribution in [0.15, 0.2) is 0 Å². The minimum atomic E-state index is 0.570. The van der Waals surface area contributed by atoms with E-state index in [0.717, 1.165) is 35.5 Å². The zero-order valence-electron chi connectivity index (χ0n) is 14.8. The molecule has 0 heteroatoms. The van der Waals surface area contributed by atoms with Crippen molar-refractivity contribution in [1.29, 1.82) is 0 Å². The summed E-state index contributed by atoms with van der Waals surface area (Å²) in [6, 6.07) is 0. The molecular formula is C19H38. The summed E-state index contributed by atoms with van der Waals surface area (Å²) >= 11 is 0. The quantitative estimate of drug-likeness (QED) is 0.476. The van der Waals surface area contributed by atoms with Gasteiger partial charge in [0.25, 0.3) is 0 Å². The topological polar surface area (TPSA) is 0 Å². The van der Waals surface area contributed by atoms with Gasteiger partial charge in [0.05, 0.1) is 0 Å². The van der Waals surface area contributed by atoms with Crippen molar-refractivity contribution >= 4 is 0 Å². The van der Waals surface area contributed by atoms with Crippen LogP contribution < -0.4 is 0 Å². The molecule has 0 nitrogen and oxygen atoms in total. The highest BCUT2D eigenvalue weighted by Crippen LogP contribution is 2.50. The summed E-state index contributed by atoms with van der Waals surface area (Å²) in [4.78, 5) is 0. The fourth-order valence-corrected chi connectivity index (χ4v) is 3.69. The monoisotopic (exact) mass is 266 g/mol. The molecule has 0 aromatic carbocycles. The Labute approximate surface area is 122 Å². The Morgan fingerprint density at radius 2 is 1.63 bits per heavy atom. The minimum absolute atomic E-state index is 0.570. The summed E-state index contributed by atoms with van der Waals surface area (Å²) in [5, 5.41) is 0. The van der Waals surface area contributed by atoms with Crippen LogP contribution in [0.3, 0.4) is 0 Å². The summed E-state index contributed by atoms with van der Waals surface area (Å²) in [5.41, 5.74) is 0.570. The molecule has 6 unspecified atom stereocenters. The first-order valence-corrected chi connectivity index (χ1v) is 8.71. The third-order valence-corrected chi connectivity index (χ3v) is 6.68. The number of rotatable bonds is 8. The Bertz CT molecular complexity index is 267. The summed E-state index contributed by atoms with van der Waals surface area (Å²) in [6.07, 6.45) is 5.71. The summed E-state index contributed by atoms with van der Waals surface area (Å²) in [7, 11) is 0. The molecule has 1 aliphatic rings. The van der Waals surface area contributed by atoms with Crippen molar-refractivity contribution in [2.75, 3.05) is 0 Å². The Balaban J connectivity index is 2.55. The van der Waals surface area contributed by atoms with Gasteiger partial charge in [0.15, 0.2) is 0 Å². The maximum absolute atomic E-state index is 2.55. The molecule has 1 aliphatic carbocycles. The number of hydrogen-bond acceptors (Lipinski definition) is 0. The van der Waals surface area contributed by atoms with E-state index < -0.39 is 0 Å². The smallest absolute Gasteiger partial charge is 0.0300 e. The first-order chi connectivity index (χ1) is 8.71. The lowest BCUT2D eigenvalue weighted by atomic mass is 9.67. The first-order valence-electron chi connectivity index (χ1n) is 8.71. The zero-order chi connectivity index (χ0) is 14.8. The van der Waals surface area contributed by atoms with Crippen molar-refractivity contribution in [2.24, 2.45) is 40.9 Å². The second kappa shape index (κ2) is 6.64. The second-order valence-corrected chi connectivity index (χ2v) is 8.40. The Hall–Kier alpha value is 0. The van der Waals surface area contributed by atoms with E-state index in [9.17, 15) is 0 Å². The van der Waals surface area contributed by atoms with Crippen LogP contribution in [0.1, 0.15) is 81.1 Å². The van der Waals surface area contributed by atoms with Crippen molar-refractivity contribution in [3.05, 3.63) is 0 Å². The van der Waals surface area contributed by atoms with Crippen LogP contribution in [0.5, 0.6) is 0 Å². The Morgan fingerprint density at radius 3 is 2.00 bits per heavy atom. The first kappa shape index (κ1) is 17.1. The molecule has 0 amide bonds. The molecule has 0 spiro atoms. The SMILES string of the molecule is CCC(C)(CC1CC1C)C(C)CC(C)C(C)C(C)C. The summed E-state index contributed by atoms with van der Waals surface area (Å²) < 4.78 is 0. The van der Waals surface area contributed by atoms with Gasteiger partial charge in [-0.3, -0.25) is 0 Å². The minimum Gasteiger partial charge on any atom is -0.0649 e. The van der Waals surface area contributed by atoms with E-state index >= 15 is 0 Å². The number of hydrogen-bond donors (Lipinski definition) is 0. The fourth-order valence-electron chi connectivity index (χ4n) is 3.69. The van der Waals surface area contributed by atoms with E-state index in [2.05, 4.69) is 55.4 Å². The van der Waals surface area contributed by atoms with Gasteiger partial charge < -0.3 is 0 Å². The molecule has 0 aromatic rings. The van der Waals surface area contributed by atoms with Gasteiger partial charge in [0.2, 0.25) is 0 Å². The van der Waals surface area contributed by atoms with Gasteiger partial charge in [0, 0.05) is 0 Å². The van der Waals surface area contributed by atoms with E-state index in [-0.39, 0.29) is 0 Å². The van der Waals surface area contributed by atoms with Crippen molar-refractivity contribution in [3.63, 3.8) is 0 Å². The molecule has 0 bridgehead atoms. The molecule has 19 heavy (non-hydrogen) atoms. The lowest BCUT2D eigenvalue weighted by Gasteiger charge is -2.38. The van der Waals surface area contributed by atoms with Crippen molar-refractivity contribution < 1.29 is 0 Å². The van der Waals surface area contributed by atoms with Gasteiger partial charge in [-0.15, -0.1) is 0 Å². The molecule has 6 atom stereocenters. The van der Waals surface area contributed by atoms with E-state index in [1.807, 2.05) is 0 Å². The van der Waals surface area contributed by atoms with Crippen molar-refractivity contribution in [1.82, 2.24) is 0 Å². The average Bonchev–Trinajstić information content (AvgIpc) is 3.02. The predicted molar refractivity (Wildman–Crippen MR) is 87.2 cm³/mol. The van der Waals surface area contributed by atoms with Gasteiger partial charge in [-0.25, -0.2) is 0 Å². The van der Waals surface area contributed by atoms with Crippen LogP contribution in [0.2, 0.25) is 0 Å². The van der Waals surface area contributed by atoms with Crippen molar-refractivity contribution in [3.8, 4) is 0 Å². The highest BCUT2D eigenvalue weighted by Gasteiger charge is 2.41. The van der Waals surface area contributed by atoms with Crippen LogP contribution in [0, 0.1) is 40.9 Å². The molecule has 0 N–H and O–H groups in total. The largest absolute Gasteiger partial charge is 0.0649 e. The molecule has 0 aliphatic heterocycles. The average molecular weight is 267 g/mol. The predicted octanol–water partition coefficient (Wildman–Crippen LogP) is 6.40. The highest BCUT2D eigenvalue weighted by atomic mass is 14.5. The summed E-state index contributed by atoms with van der Waals surface area (Å²) in [6.45, 7) is 19.5. The lowest BCUT2D eigenvalue weighted by Crippen LogP contribution is -2.29. The van der Waals surface area contributed by atoms with E-state index in [1.54, 1.807) is 0 Å². The van der Waals surface area contributed by atoms with Crippen LogP contribution >= 0.6 is 0 Å². The maximum Gasteiger partial charge on any atom is -0.0300 e. The second-order valence-electron chi connectivity index (χ2n) is 8.40. The molecule has 1 fully saturated rings. The van der Waals surface area contributed by atoms with Gasteiger partial charge in [0.1, 0.15) is 0 Å². The normalized spacial score (nSPS) is 30.8. The Morgan fingerprint density at radius 1 is 1.11 bits per heavy atom. The molecular weight excluding hydrogens is 228 g/mol. The highest BCUT2D eigenvalue weighted by molar-refractivity contribution is 4.91. The molecule has 0 heterocycles. The zero-order valence-corrected chi connectivity index (χ0v) is 14.8. The van der Waals surface area contributed by atoms with E-state index in [4.69, 9.17) is 0 Å². The van der Waals surface area contributed by atoms with Crippen LogP contribution in [-0.4, -0.2) is 0 Å². The fraction of sp³-hybridized carbons (Fsp3) is 1.00. The molecule has 114 valence electrons. The maximum atomic E-state index is 2.55. The molecule has 0 saturated heterocycles. The van der Waals surface area contributed by atoms with Crippen LogP contribution in [0.25, 0.3) is 0 Å². The lowest BCUT2D eigenvalue weighted by molar-refractivity contribution is 0.119. The molecule has 0 aromatic heterocycles. The molecule has 1 rings (SSSR count).